The molecule has 3 nitrogen and oxygen atoms in total. The quantitative estimate of drug-likeness (QED) is 0.766. The molecule has 0 aliphatic rings. The van der Waals surface area contributed by atoms with Gasteiger partial charge < -0.3 is 10.4 Å². The van der Waals surface area contributed by atoms with Gasteiger partial charge in [-0.3, -0.25) is 4.79 Å². The van der Waals surface area contributed by atoms with Gasteiger partial charge in [-0.1, -0.05) is 6.07 Å². The molecule has 1 rings (SSSR count). The third-order valence-electron chi connectivity index (χ3n) is 2.38. The van der Waals surface area contributed by atoms with Crippen LogP contribution >= 0.6 is 11.3 Å². The van der Waals surface area contributed by atoms with Crippen LogP contribution < -0.4 is 5.32 Å². The maximum Gasteiger partial charge on any atom is 0.220 e. The van der Waals surface area contributed by atoms with Crippen molar-refractivity contribution in [1.82, 2.24) is 5.32 Å². The van der Waals surface area contributed by atoms with Gasteiger partial charge in [0.1, 0.15) is 0 Å². The molecule has 1 heterocycles. The molecule has 0 saturated carbocycles. The Morgan fingerprint density at radius 2 is 2.44 bits per heavy atom. The molecule has 2 N–H and O–H groups in total. The summed E-state index contributed by atoms with van der Waals surface area (Å²) in [6, 6.07) is 4.21. The fourth-order valence-corrected chi connectivity index (χ4v) is 2.22. The SMILES string of the molecule is CC(CCCO)NC(=O)CCc1cccs1. The maximum atomic E-state index is 11.5. The van der Waals surface area contributed by atoms with Crippen molar-refractivity contribution in [3.8, 4) is 0 Å². The van der Waals surface area contributed by atoms with Crippen molar-refractivity contribution in [2.45, 2.75) is 38.6 Å². The smallest absolute Gasteiger partial charge is 0.220 e. The van der Waals surface area contributed by atoms with Crippen LogP contribution in [0, 0.1) is 0 Å². The Balaban J connectivity index is 2.15. The third-order valence-corrected chi connectivity index (χ3v) is 3.32. The van der Waals surface area contributed by atoms with E-state index in [1.54, 1.807) is 11.3 Å². The van der Waals surface area contributed by atoms with Crippen LogP contribution in [0.15, 0.2) is 17.5 Å². The topological polar surface area (TPSA) is 49.3 Å². The van der Waals surface area contributed by atoms with Gasteiger partial charge in [-0.05, 0) is 37.6 Å². The van der Waals surface area contributed by atoms with E-state index >= 15 is 0 Å². The Morgan fingerprint density at radius 3 is 3.06 bits per heavy atom. The Bertz CT molecular complexity index is 298. The molecule has 90 valence electrons. The largest absolute Gasteiger partial charge is 0.396 e. The number of carbonyl (C=O) groups excluding carboxylic acids is 1. The van der Waals surface area contributed by atoms with Crippen molar-refractivity contribution in [1.29, 1.82) is 0 Å². The van der Waals surface area contributed by atoms with Gasteiger partial charge in [-0.2, -0.15) is 0 Å². The Hall–Kier alpha value is -0.870. The van der Waals surface area contributed by atoms with E-state index in [1.807, 2.05) is 24.4 Å². The van der Waals surface area contributed by atoms with E-state index in [9.17, 15) is 4.79 Å². The number of aliphatic hydroxyl groups excluding tert-OH is 1. The molecule has 0 spiro atoms. The molecule has 1 aromatic rings. The number of rotatable bonds is 7. The lowest BCUT2D eigenvalue weighted by molar-refractivity contribution is -0.121. The summed E-state index contributed by atoms with van der Waals surface area (Å²) in [5, 5.41) is 13.6. The standard InChI is InChI=1S/C12H19NO2S/c1-10(4-2-8-14)13-12(15)7-6-11-5-3-9-16-11/h3,5,9-10,14H,2,4,6-8H2,1H3,(H,13,15). The molecular weight excluding hydrogens is 222 g/mol. The van der Waals surface area contributed by atoms with E-state index in [0.29, 0.717) is 6.42 Å². The van der Waals surface area contributed by atoms with Crippen LogP contribution in [-0.4, -0.2) is 23.7 Å². The molecule has 0 saturated heterocycles. The van der Waals surface area contributed by atoms with Crippen LogP contribution in [0.1, 0.15) is 31.1 Å². The zero-order chi connectivity index (χ0) is 11.8. The summed E-state index contributed by atoms with van der Waals surface area (Å²) in [4.78, 5) is 12.8. The van der Waals surface area contributed by atoms with E-state index in [4.69, 9.17) is 5.11 Å². The van der Waals surface area contributed by atoms with Gasteiger partial charge in [-0.25, -0.2) is 0 Å². The summed E-state index contributed by atoms with van der Waals surface area (Å²) in [5.74, 6) is 0.0961. The molecule has 4 heteroatoms. The van der Waals surface area contributed by atoms with Gasteiger partial charge in [-0.15, -0.1) is 11.3 Å². The zero-order valence-corrected chi connectivity index (χ0v) is 10.4. The molecule has 0 aromatic carbocycles. The normalized spacial score (nSPS) is 12.4. The average molecular weight is 241 g/mol. The molecule has 1 atom stereocenters. The first kappa shape index (κ1) is 13.2. The van der Waals surface area contributed by atoms with Crippen LogP contribution in [0.2, 0.25) is 0 Å². The fraction of sp³-hybridized carbons (Fsp3) is 0.583. The molecule has 0 aliphatic carbocycles. The monoisotopic (exact) mass is 241 g/mol. The Labute approximate surface area is 100 Å². The van der Waals surface area contributed by atoms with Crippen molar-refractivity contribution >= 4 is 17.2 Å². The van der Waals surface area contributed by atoms with Crippen molar-refractivity contribution in [2.75, 3.05) is 6.61 Å². The highest BCUT2D eigenvalue weighted by atomic mass is 32.1. The summed E-state index contributed by atoms with van der Waals surface area (Å²) >= 11 is 1.68. The Morgan fingerprint density at radius 1 is 1.62 bits per heavy atom. The minimum Gasteiger partial charge on any atom is -0.396 e. The summed E-state index contributed by atoms with van der Waals surface area (Å²) in [6.07, 6.45) is 2.94. The highest BCUT2D eigenvalue weighted by molar-refractivity contribution is 7.09. The first-order valence-corrected chi connectivity index (χ1v) is 6.53. The summed E-state index contributed by atoms with van der Waals surface area (Å²) in [6.45, 7) is 2.16. The number of hydrogen-bond donors (Lipinski definition) is 2. The number of aliphatic hydroxyl groups is 1. The second-order valence-electron chi connectivity index (χ2n) is 3.91. The lowest BCUT2D eigenvalue weighted by atomic mass is 10.1. The molecule has 0 fully saturated rings. The fourth-order valence-electron chi connectivity index (χ4n) is 1.51. The van der Waals surface area contributed by atoms with E-state index in [0.717, 1.165) is 19.3 Å². The first-order chi connectivity index (χ1) is 7.72. The van der Waals surface area contributed by atoms with Gasteiger partial charge in [0.15, 0.2) is 0 Å². The number of amides is 1. The number of carbonyl (C=O) groups is 1. The van der Waals surface area contributed by atoms with Crippen molar-refractivity contribution < 1.29 is 9.90 Å². The van der Waals surface area contributed by atoms with E-state index in [-0.39, 0.29) is 18.6 Å². The van der Waals surface area contributed by atoms with Crippen LogP contribution in [0.4, 0.5) is 0 Å². The van der Waals surface area contributed by atoms with E-state index in [2.05, 4.69) is 5.32 Å². The minimum absolute atomic E-state index is 0.0961. The van der Waals surface area contributed by atoms with Gasteiger partial charge in [0.25, 0.3) is 0 Å². The van der Waals surface area contributed by atoms with Gasteiger partial charge in [0.05, 0.1) is 0 Å². The molecule has 1 amide bonds. The molecule has 1 aromatic heterocycles. The predicted molar refractivity (Wildman–Crippen MR) is 66.6 cm³/mol. The van der Waals surface area contributed by atoms with Crippen molar-refractivity contribution in [3.05, 3.63) is 22.4 Å². The third kappa shape index (κ3) is 5.28. The van der Waals surface area contributed by atoms with Gasteiger partial charge in [0.2, 0.25) is 5.91 Å². The van der Waals surface area contributed by atoms with E-state index < -0.39 is 0 Å². The lowest BCUT2D eigenvalue weighted by Crippen LogP contribution is -2.32. The predicted octanol–water partition coefficient (Wildman–Crippen LogP) is 1.96. The van der Waals surface area contributed by atoms with Crippen LogP contribution in [0.3, 0.4) is 0 Å². The lowest BCUT2D eigenvalue weighted by Gasteiger charge is -2.12. The van der Waals surface area contributed by atoms with Crippen LogP contribution in [0.5, 0.6) is 0 Å². The van der Waals surface area contributed by atoms with Crippen LogP contribution in [-0.2, 0) is 11.2 Å². The van der Waals surface area contributed by atoms with Crippen molar-refractivity contribution in [2.24, 2.45) is 0 Å². The van der Waals surface area contributed by atoms with Gasteiger partial charge >= 0.3 is 0 Å². The second-order valence-corrected chi connectivity index (χ2v) is 4.95. The summed E-state index contributed by atoms with van der Waals surface area (Å²) < 4.78 is 0. The molecular formula is C12H19NO2S. The number of aryl methyl sites for hydroxylation is 1. The molecule has 16 heavy (non-hydrogen) atoms. The number of hydrogen-bond acceptors (Lipinski definition) is 3. The molecule has 0 bridgehead atoms. The minimum atomic E-state index is 0.0961. The molecule has 0 aliphatic heterocycles. The molecule has 1 unspecified atom stereocenters. The highest BCUT2D eigenvalue weighted by Gasteiger charge is 2.07. The summed E-state index contributed by atoms with van der Waals surface area (Å²) in [7, 11) is 0. The van der Waals surface area contributed by atoms with Crippen molar-refractivity contribution in [3.63, 3.8) is 0 Å². The number of thiophene rings is 1. The average Bonchev–Trinajstić information content (AvgIpc) is 2.76. The highest BCUT2D eigenvalue weighted by Crippen LogP contribution is 2.10. The van der Waals surface area contributed by atoms with Crippen LogP contribution in [0.25, 0.3) is 0 Å². The Kier molecular flexibility index (Phi) is 6.11. The van der Waals surface area contributed by atoms with E-state index in [1.165, 1.54) is 4.88 Å². The van der Waals surface area contributed by atoms with Gasteiger partial charge in [0, 0.05) is 23.9 Å². The number of nitrogens with one attached hydrogen (secondary N) is 1. The maximum absolute atomic E-state index is 11.5. The second kappa shape index (κ2) is 7.41. The first-order valence-electron chi connectivity index (χ1n) is 5.65. The zero-order valence-electron chi connectivity index (χ0n) is 9.61. The summed E-state index contributed by atoms with van der Waals surface area (Å²) in [5.41, 5.74) is 0. The molecule has 0 radical (unpaired) electrons.